The molecule has 1 aromatic heterocycles. The smallest absolute Gasteiger partial charge is 0.136 e. The Labute approximate surface area is 235 Å². The first kappa shape index (κ1) is 32.5. The average molecular weight is 536 g/mol. The zero-order chi connectivity index (χ0) is 27.5. The van der Waals surface area contributed by atoms with Crippen molar-refractivity contribution in [3.63, 3.8) is 0 Å². The van der Waals surface area contributed by atoms with Gasteiger partial charge in [-0.3, -0.25) is 9.78 Å². The van der Waals surface area contributed by atoms with Crippen LogP contribution >= 0.6 is 0 Å². The molecule has 5 rings (SSSR count). The van der Waals surface area contributed by atoms with Crippen LogP contribution in [-0.2, 0) is 4.79 Å². The summed E-state index contributed by atoms with van der Waals surface area (Å²) in [6.45, 7) is 6.33. The lowest BCUT2D eigenvalue weighted by Gasteiger charge is -2.30. The number of methoxy groups -OCH3 is 1. The molecule has 5 heteroatoms. The summed E-state index contributed by atoms with van der Waals surface area (Å²) in [5.41, 5.74) is 8.05. The van der Waals surface area contributed by atoms with E-state index in [0.717, 1.165) is 50.9 Å². The quantitative estimate of drug-likeness (QED) is 0.425. The van der Waals surface area contributed by atoms with E-state index in [1.807, 2.05) is 18.5 Å². The van der Waals surface area contributed by atoms with Crippen LogP contribution in [0.3, 0.4) is 0 Å². The highest BCUT2D eigenvalue weighted by molar-refractivity contribution is 5.82. The molecule has 1 heterocycles. The van der Waals surface area contributed by atoms with E-state index in [1.165, 1.54) is 65.5 Å². The summed E-state index contributed by atoms with van der Waals surface area (Å²) in [7, 11) is 2.70. The normalized spacial score (nSPS) is 20.1. The van der Waals surface area contributed by atoms with Gasteiger partial charge in [0, 0.05) is 37.8 Å². The van der Waals surface area contributed by atoms with Gasteiger partial charge < -0.3 is 15.3 Å². The molecule has 0 radical (unpaired) electrons. The van der Waals surface area contributed by atoms with Crippen LogP contribution in [0.25, 0.3) is 5.57 Å². The first-order chi connectivity index (χ1) is 18.5. The molecule has 0 amide bonds. The van der Waals surface area contributed by atoms with Gasteiger partial charge in [0.25, 0.3) is 0 Å². The molecule has 0 aliphatic heterocycles. The maximum absolute atomic E-state index is 12.7. The van der Waals surface area contributed by atoms with Gasteiger partial charge in [-0.1, -0.05) is 55.9 Å². The van der Waals surface area contributed by atoms with E-state index >= 15 is 0 Å². The Bertz CT molecular complexity index is 1080. The molecule has 39 heavy (non-hydrogen) atoms. The lowest BCUT2D eigenvalue weighted by molar-refractivity contribution is -0.123. The first-order valence-electron chi connectivity index (χ1n) is 14.4. The zero-order valence-electron chi connectivity index (χ0n) is 24.6. The fourth-order valence-electron chi connectivity index (χ4n) is 6.18. The van der Waals surface area contributed by atoms with Crippen molar-refractivity contribution < 1.29 is 20.1 Å². The van der Waals surface area contributed by atoms with Crippen LogP contribution in [-0.4, -0.2) is 35.6 Å². The summed E-state index contributed by atoms with van der Waals surface area (Å²) in [4.78, 5) is 17.0. The highest BCUT2D eigenvalue weighted by Crippen LogP contribution is 2.45. The molecule has 3 aliphatic carbocycles. The van der Waals surface area contributed by atoms with Crippen LogP contribution in [0.15, 0.2) is 54.4 Å². The minimum absolute atomic E-state index is 0. The third-order valence-electron chi connectivity index (χ3n) is 8.70. The van der Waals surface area contributed by atoms with Gasteiger partial charge in [-0.15, -0.1) is 0 Å². The Kier molecular flexibility index (Phi) is 13.6. The molecule has 3 aliphatic rings. The number of rotatable bonds is 6. The fourth-order valence-corrected chi connectivity index (χ4v) is 6.18. The van der Waals surface area contributed by atoms with Crippen LogP contribution in [0.5, 0.6) is 5.75 Å². The molecule has 0 spiro atoms. The van der Waals surface area contributed by atoms with Crippen molar-refractivity contribution in [2.75, 3.05) is 14.2 Å². The van der Waals surface area contributed by atoms with Crippen LogP contribution < -0.4 is 4.74 Å². The van der Waals surface area contributed by atoms with Crippen molar-refractivity contribution in [3.8, 4) is 5.75 Å². The molecule has 2 aromatic rings. The van der Waals surface area contributed by atoms with Gasteiger partial charge in [-0.05, 0) is 98.4 Å². The Balaban J connectivity index is 0.000000323. The summed E-state index contributed by atoms with van der Waals surface area (Å²) >= 11 is 0. The predicted octanol–water partition coefficient (Wildman–Crippen LogP) is 7.16. The van der Waals surface area contributed by atoms with Gasteiger partial charge in [0.15, 0.2) is 0 Å². The molecular weight excluding hydrogens is 486 g/mol. The number of carbonyl (C=O) groups is 1. The summed E-state index contributed by atoms with van der Waals surface area (Å²) in [6.07, 6.45) is 20.3. The number of Topliss-reactive ketones (excluding diaryl/α,β-unsaturated/α-hetero) is 1. The Hall–Kier alpha value is -2.76. The number of aromatic nitrogens is 1. The van der Waals surface area contributed by atoms with Crippen molar-refractivity contribution in [1.82, 2.24) is 4.98 Å². The molecule has 2 unspecified atom stereocenters. The van der Waals surface area contributed by atoms with Gasteiger partial charge in [0.1, 0.15) is 11.5 Å². The number of fused-ring (bicyclic) bond motifs is 1. The minimum atomic E-state index is 0. The summed E-state index contributed by atoms with van der Waals surface area (Å²) < 4.78 is 5.13. The van der Waals surface area contributed by atoms with Crippen LogP contribution in [0.4, 0.5) is 0 Å². The number of hydrogen-bond donors (Lipinski definition) is 1. The van der Waals surface area contributed by atoms with Gasteiger partial charge in [0.2, 0.25) is 0 Å². The van der Waals surface area contributed by atoms with E-state index in [4.69, 9.17) is 9.84 Å². The summed E-state index contributed by atoms with van der Waals surface area (Å²) in [5.74, 6) is 3.09. The molecule has 3 N–H and O–H groups in total. The average Bonchev–Trinajstić information content (AvgIpc) is 3.40. The highest BCUT2D eigenvalue weighted by atomic mass is 16.5. The van der Waals surface area contributed by atoms with Crippen LogP contribution in [0.1, 0.15) is 86.5 Å². The number of aliphatic hydroxyl groups excluding tert-OH is 1. The Morgan fingerprint density at radius 2 is 1.69 bits per heavy atom. The molecule has 0 bridgehead atoms. The molecule has 1 aromatic carbocycles. The number of carbonyl (C=O) groups excluding carboxylic acids is 1. The molecule has 214 valence electrons. The van der Waals surface area contributed by atoms with E-state index < -0.39 is 0 Å². The van der Waals surface area contributed by atoms with Crippen molar-refractivity contribution >= 4 is 11.4 Å². The van der Waals surface area contributed by atoms with Crippen molar-refractivity contribution in [1.29, 1.82) is 0 Å². The minimum Gasteiger partial charge on any atom is -0.497 e. The molecule has 2 atom stereocenters. The molecule has 2 saturated carbocycles. The van der Waals surface area contributed by atoms with Crippen molar-refractivity contribution in [2.24, 2.45) is 17.8 Å². The molecule has 0 saturated heterocycles. The molecule has 5 nitrogen and oxygen atoms in total. The van der Waals surface area contributed by atoms with Crippen molar-refractivity contribution in [3.05, 3.63) is 76.6 Å². The van der Waals surface area contributed by atoms with E-state index in [2.05, 4.69) is 56.1 Å². The lowest BCUT2D eigenvalue weighted by Crippen LogP contribution is -2.24. The lowest BCUT2D eigenvalue weighted by atomic mass is 9.73. The second-order valence-electron chi connectivity index (χ2n) is 11.0. The number of ketones is 1. The van der Waals surface area contributed by atoms with E-state index in [1.54, 1.807) is 7.11 Å². The Morgan fingerprint density at radius 1 is 1.00 bits per heavy atom. The van der Waals surface area contributed by atoms with Crippen molar-refractivity contribution in [2.45, 2.75) is 85.0 Å². The fraction of sp³-hybridized carbons (Fsp3) is 0.529. The number of nitrogens with zero attached hydrogens (tertiary/aromatic N) is 1. The number of hydrogen-bond acceptors (Lipinski definition) is 4. The first-order valence-corrected chi connectivity index (χ1v) is 14.4. The van der Waals surface area contributed by atoms with Gasteiger partial charge in [-0.2, -0.15) is 0 Å². The third kappa shape index (κ3) is 8.87. The second-order valence-corrected chi connectivity index (χ2v) is 11.0. The highest BCUT2D eigenvalue weighted by Gasteiger charge is 2.33. The van der Waals surface area contributed by atoms with E-state index in [-0.39, 0.29) is 11.4 Å². The van der Waals surface area contributed by atoms with Gasteiger partial charge >= 0.3 is 0 Å². The maximum Gasteiger partial charge on any atom is 0.136 e. The van der Waals surface area contributed by atoms with E-state index in [9.17, 15) is 4.79 Å². The third-order valence-corrected chi connectivity index (χ3v) is 8.70. The number of aliphatic hydroxyl groups is 1. The standard InChI is InChI=1S/C23H29NO.C10H14O.CH4O.H2O/c25-23(13-8-17-5-2-1-3-6-17)19-10-12-21-18(15-19)9-11-22(21)20-7-4-14-24-16-20;1-7-5-10(11-4)6-8(2)9(7)3;1-2;/h4,7,9,11,14,16-17,19,21H,1-3,5-6,8,10,12-13,15H2;5-6H,1-4H3;2H,1H3;1H2. The maximum atomic E-state index is 12.7. The summed E-state index contributed by atoms with van der Waals surface area (Å²) in [6, 6.07) is 8.27. The van der Waals surface area contributed by atoms with Crippen LogP contribution in [0.2, 0.25) is 0 Å². The number of aryl methyl sites for hydroxylation is 2. The summed E-state index contributed by atoms with van der Waals surface area (Å²) in [5, 5.41) is 7.00. The van der Waals surface area contributed by atoms with Crippen LogP contribution in [0, 0.1) is 38.5 Å². The number of ether oxygens (including phenoxy) is 1. The zero-order valence-corrected chi connectivity index (χ0v) is 24.6. The Morgan fingerprint density at radius 3 is 2.31 bits per heavy atom. The van der Waals surface area contributed by atoms with E-state index in [0.29, 0.717) is 11.7 Å². The second kappa shape index (κ2) is 16.4. The topological polar surface area (TPSA) is 90.9 Å². The monoisotopic (exact) mass is 535 g/mol. The number of pyridine rings is 1. The number of allylic oxidation sites excluding steroid dienone is 4. The number of benzene rings is 1. The molecular formula is C34H49NO4. The largest absolute Gasteiger partial charge is 0.497 e. The predicted molar refractivity (Wildman–Crippen MR) is 161 cm³/mol. The molecule has 2 fully saturated rings. The van der Waals surface area contributed by atoms with Gasteiger partial charge in [-0.25, -0.2) is 0 Å². The SMILES string of the molecule is CO.COc1cc(C)c(C)c(C)c1.O.O=C(CCC1CCCCC1)C1CCC2C(=CC=C2c2cccnc2)C1. The van der Waals surface area contributed by atoms with Gasteiger partial charge in [0.05, 0.1) is 7.11 Å².